The molecule has 1 aromatic heterocycles. The van der Waals surface area contributed by atoms with E-state index in [1.807, 2.05) is 19.4 Å². The Morgan fingerprint density at radius 3 is 2.80 bits per heavy atom. The Kier molecular flexibility index (Phi) is 5.95. The summed E-state index contributed by atoms with van der Waals surface area (Å²) >= 11 is 0. The predicted octanol–water partition coefficient (Wildman–Crippen LogP) is 1.92. The summed E-state index contributed by atoms with van der Waals surface area (Å²) in [7, 11) is 2.04. The maximum absolute atomic E-state index is 5.76. The van der Waals surface area contributed by atoms with Gasteiger partial charge in [0.1, 0.15) is 0 Å². The van der Waals surface area contributed by atoms with Crippen molar-refractivity contribution in [1.82, 2.24) is 15.2 Å². The number of ether oxygens (including phenoxy) is 1. The molecule has 0 saturated carbocycles. The summed E-state index contributed by atoms with van der Waals surface area (Å²) in [5.74, 6) is 0. The molecule has 112 valence electrons. The number of hydrogen-bond acceptors (Lipinski definition) is 4. The molecule has 1 atom stereocenters. The minimum Gasteiger partial charge on any atom is -0.381 e. The first-order valence-corrected chi connectivity index (χ1v) is 7.61. The van der Waals surface area contributed by atoms with Crippen LogP contribution in [0.4, 0.5) is 0 Å². The molecule has 2 rings (SSSR count). The van der Waals surface area contributed by atoms with Crippen LogP contribution in [0.15, 0.2) is 24.5 Å². The monoisotopic (exact) mass is 277 g/mol. The predicted molar refractivity (Wildman–Crippen MR) is 81.6 cm³/mol. The fraction of sp³-hybridized carbons (Fsp3) is 0.688. The van der Waals surface area contributed by atoms with Gasteiger partial charge in [-0.25, -0.2) is 0 Å². The van der Waals surface area contributed by atoms with Crippen molar-refractivity contribution in [3.63, 3.8) is 0 Å². The van der Waals surface area contributed by atoms with Gasteiger partial charge in [-0.15, -0.1) is 0 Å². The average molecular weight is 277 g/mol. The average Bonchev–Trinajstić information content (AvgIpc) is 2.49. The molecular formula is C16H27N3O. The van der Waals surface area contributed by atoms with Crippen LogP contribution in [0.25, 0.3) is 0 Å². The lowest BCUT2D eigenvalue weighted by molar-refractivity contribution is -0.0259. The molecule has 4 heteroatoms. The largest absolute Gasteiger partial charge is 0.381 e. The number of hydrogen-bond donors (Lipinski definition) is 1. The topological polar surface area (TPSA) is 37.4 Å². The standard InChI is InChI=1S/C16H27N3O/c1-3-19(11-15-5-8-18-9-6-15)13-16(12-17-2)7-4-10-20-14-16/h5-6,8-9,17H,3-4,7,10-14H2,1-2H3. The van der Waals surface area contributed by atoms with Crippen LogP contribution < -0.4 is 5.32 Å². The van der Waals surface area contributed by atoms with E-state index >= 15 is 0 Å². The minimum absolute atomic E-state index is 0.260. The van der Waals surface area contributed by atoms with Gasteiger partial charge in [0.25, 0.3) is 0 Å². The van der Waals surface area contributed by atoms with Gasteiger partial charge in [-0.2, -0.15) is 0 Å². The molecule has 0 spiro atoms. The molecule has 20 heavy (non-hydrogen) atoms. The van der Waals surface area contributed by atoms with Crippen molar-refractivity contribution in [2.45, 2.75) is 26.3 Å². The molecule has 1 unspecified atom stereocenters. The van der Waals surface area contributed by atoms with Crippen LogP contribution in [0.3, 0.4) is 0 Å². The lowest BCUT2D eigenvalue weighted by Crippen LogP contribution is -2.48. The first kappa shape index (κ1) is 15.4. The molecule has 0 amide bonds. The van der Waals surface area contributed by atoms with Gasteiger partial charge in [0.05, 0.1) is 6.61 Å². The van der Waals surface area contributed by atoms with Gasteiger partial charge in [0, 0.05) is 44.0 Å². The second-order valence-corrected chi connectivity index (χ2v) is 5.85. The van der Waals surface area contributed by atoms with Gasteiger partial charge in [-0.3, -0.25) is 9.88 Å². The van der Waals surface area contributed by atoms with Crippen LogP contribution in [0.1, 0.15) is 25.3 Å². The van der Waals surface area contributed by atoms with Crippen molar-refractivity contribution in [2.24, 2.45) is 5.41 Å². The number of nitrogens with zero attached hydrogens (tertiary/aromatic N) is 2. The zero-order valence-electron chi connectivity index (χ0n) is 12.8. The highest BCUT2D eigenvalue weighted by atomic mass is 16.5. The van der Waals surface area contributed by atoms with Gasteiger partial charge >= 0.3 is 0 Å². The van der Waals surface area contributed by atoms with E-state index in [1.165, 1.54) is 18.4 Å². The second-order valence-electron chi connectivity index (χ2n) is 5.85. The highest BCUT2D eigenvalue weighted by Crippen LogP contribution is 2.29. The first-order chi connectivity index (χ1) is 9.78. The van der Waals surface area contributed by atoms with Crippen LogP contribution in [0, 0.1) is 5.41 Å². The van der Waals surface area contributed by atoms with E-state index in [0.29, 0.717) is 0 Å². The lowest BCUT2D eigenvalue weighted by Gasteiger charge is -2.40. The molecular weight excluding hydrogens is 250 g/mol. The maximum Gasteiger partial charge on any atom is 0.0546 e. The summed E-state index contributed by atoms with van der Waals surface area (Å²) < 4.78 is 5.76. The molecule has 1 aliphatic rings. The summed E-state index contributed by atoms with van der Waals surface area (Å²) in [6.45, 7) is 8.20. The number of rotatable bonds is 7. The van der Waals surface area contributed by atoms with Crippen LogP contribution in [0.5, 0.6) is 0 Å². The number of aromatic nitrogens is 1. The van der Waals surface area contributed by atoms with E-state index in [4.69, 9.17) is 4.74 Å². The first-order valence-electron chi connectivity index (χ1n) is 7.61. The van der Waals surface area contributed by atoms with E-state index < -0.39 is 0 Å². The van der Waals surface area contributed by atoms with Gasteiger partial charge in [-0.05, 0) is 44.1 Å². The van der Waals surface area contributed by atoms with Crippen molar-refractivity contribution in [1.29, 1.82) is 0 Å². The fourth-order valence-electron chi connectivity index (χ4n) is 3.11. The Bertz CT molecular complexity index is 371. The summed E-state index contributed by atoms with van der Waals surface area (Å²) in [6, 6.07) is 4.20. The van der Waals surface area contributed by atoms with E-state index in [-0.39, 0.29) is 5.41 Å². The third kappa shape index (κ3) is 4.27. The SMILES string of the molecule is CCN(Cc1ccncc1)CC1(CNC)CCCOC1. The van der Waals surface area contributed by atoms with Crippen LogP contribution >= 0.6 is 0 Å². The fourth-order valence-corrected chi connectivity index (χ4v) is 3.11. The van der Waals surface area contributed by atoms with Crippen molar-refractivity contribution in [3.8, 4) is 0 Å². The highest BCUT2D eigenvalue weighted by molar-refractivity contribution is 5.09. The lowest BCUT2D eigenvalue weighted by atomic mass is 9.81. The van der Waals surface area contributed by atoms with E-state index in [0.717, 1.165) is 39.4 Å². The second kappa shape index (κ2) is 7.72. The third-order valence-corrected chi connectivity index (χ3v) is 4.12. The normalized spacial score (nSPS) is 23.1. The zero-order chi connectivity index (χ0) is 14.3. The Hall–Kier alpha value is -0.970. The maximum atomic E-state index is 5.76. The van der Waals surface area contributed by atoms with Crippen LogP contribution in [-0.4, -0.2) is 49.8 Å². The van der Waals surface area contributed by atoms with Gasteiger partial charge < -0.3 is 10.1 Å². The summed E-state index contributed by atoms with van der Waals surface area (Å²) in [5.41, 5.74) is 1.59. The van der Waals surface area contributed by atoms with Gasteiger partial charge in [-0.1, -0.05) is 6.92 Å². The molecule has 0 bridgehead atoms. The van der Waals surface area contributed by atoms with Crippen molar-refractivity contribution in [3.05, 3.63) is 30.1 Å². The molecule has 1 fully saturated rings. The molecule has 2 heterocycles. The Morgan fingerprint density at radius 2 is 2.20 bits per heavy atom. The molecule has 1 N–H and O–H groups in total. The summed E-state index contributed by atoms with van der Waals surface area (Å²) in [4.78, 5) is 6.60. The third-order valence-electron chi connectivity index (χ3n) is 4.12. The summed E-state index contributed by atoms with van der Waals surface area (Å²) in [6.07, 6.45) is 6.17. The molecule has 0 aliphatic carbocycles. The van der Waals surface area contributed by atoms with E-state index in [2.05, 4.69) is 34.3 Å². The molecule has 1 aromatic rings. The Labute approximate surface area is 122 Å². The van der Waals surface area contributed by atoms with Gasteiger partial charge in [0.2, 0.25) is 0 Å². The molecule has 4 nitrogen and oxygen atoms in total. The zero-order valence-corrected chi connectivity index (χ0v) is 12.8. The van der Waals surface area contributed by atoms with Gasteiger partial charge in [0.15, 0.2) is 0 Å². The smallest absolute Gasteiger partial charge is 0.0546 e. The van der Waals surface area contributed by atoms with E-state index in [1.54, 1.807) is 0 Å². The minimum atomic E-state index is 0.260. The molecule has 1 aliphatic heterocycles. The number of pyridine rings is 1. The Balaban J connectivity index is 1.99. The molecule has 0 radical (unpaired) electrons. The Morgan fingerprint density at radius 1 is 1.40 bits per heavy atom. The number of nitrogens with one attached hydrogen (secondary N) is 1. The summed E-state index contributed by atoms with van der Waals surface area (Å²) in [5, 5.41) is 3.35. The van der Waals surface area contributed by atoms with Crippen molar-refractivity contribution < 1.29 is 4.74 Å². The van der Waals surface area contributed by atoms with Crippen molar-refractivity contribution in [2.75, 3.05) is 39.9 Å². The molecule has 0 aromatic carbocycles. The molecule has 1 saturated heterocycles. The van der Waals surface area contributed by atoms with Crippen molar-refractivity contribution >= 4 is 0 Å². The van der Waals surface area contributed by atoms with Crippen LogP contribution in [0.2, 0.25) is 0 Å². The quantitative estimate of drug-likeness (QED) is 0.826. The highest BCUT2D eigenvalue weighted by Gasteiger charge is 2.33. The van der Waals surface area contributed by atoms with E-state index in [9.17, 15) is 0 Å². The van der Waals surface area contributed by atoms with Crippen LogP contribution in [-0.2, 0) is 11.3 Å².